The molecule has 2 rings (SSSR count). The van der Waals surface area contributed by atoms with E-state index in [1.165, 1.54) is 7.11 Å². The number of nitrogens with zero attached hydrogens (tertiary/aromatic N) is 3. The number of aryl methyl sites for hydroxylation is 1. The van der Waals surface area contributed by atoms with E-state index in [4.69, 9.17) is 14.0 Å². The van der Waals surface area contributed by atoms with Gasteiger partial charge in [-0.25, -0.2) is 0 Å². The van der Waals surface area contributed by atoms with Crippen molar-refractivity contribution in [2.24, 2.45) is 0 Å². The van der Waals surface area contributed by atoms with Gasteiger partial charge in [0, 0.05) is 6.54 Å². The molecule has 1 aromatic heterocycles. The van der Waals surface area contributed by atoms with Crippen molar-refractivity contribution in [2.75, 3.05) is 26.9 Å². The van der Waals surface area contributed by atoms with Gasteiger partial charge in [0.2, 0.25) is 5.89 Å². The number of hydrogen-bond donors (Lipinski definition) is 0. The maximum Gasteiger partial charge on any atom is 0.325 e. The van der Waals surface area contributed by atoms with Gasteiger partial charge in [0.05, 0.1) is 26.9 Å². The second kappa shape index (κ2) is 5.24. The molecule has 7 nitrogen and oxygen atoms in total. The van der Waals surface area contributed by atoms with Crippen molar-refractivity contribution in [3.8, 4) is 0 Å². The standard InChI is InChI=1S/C10H15N3O4/c1-7-11-9(17-12-7)5-13-3-4-16-6-8(13)10(14)15-2/h8H,3-6H2,1-2H3. The van der Waals surface area contributed by atoms with Crippen molar-refractivity contribution in [1.82, 2.24) is 15.0 Å². The van der Waals surface area contributed by atoms with Gasteiger partial charge in [-0.1, -0.05) is 5.16 Å². The fraction of sp³-hybridized carbons (Fsp3) is 0.700. The highest BCUT2D eigenvalue weighted by molar-refractivity contribution is 5.75. The number of rotatable bonds is 3. The Morgan fingerprint density at radius 1 is 1.65 bits per heavy atom. The lowest BCUT2D eigenvalue weighted by Crippen LogP contribution is -2.49. The summed E-state index contributed by atoms with van der Waals surface area (Å²) in [6.45, 7) is 3.75. The van der Waals surface area contributed by atoms with Gasteiger partial charge in [0.1, 0.15) is 6.04 Å². The average Bonchev–Trinajstić information content (AvgIpc) is 2.74. The van der Waals surface area contributed by atoms with E-state index in [9.17, 15) is 4.79 Å². The summed E-state index contributed by atoms with van der Waals surface area (Å²) >= 11 is 0. The third kappa shape index (κ3) is 2.80. The SMILES string of the molecule is COC(=O)C1COCCN1Cc1nc(C)no1. The maximum atomic E-state index is 11.6. The molecule has 0 bridgehead atoms. The third-order valence-corrected chi connectivity index (χ3v) is 2.62. The Balaban J connectivity index is 2.03. The second-order valence-electron chi connectivity index (χ2n) is 3.82. The van der Waals surface area contributed by atoms with Crippen molar-refractivity contribution in [1.29, 1.82) is 0 Å². The Hall–Kier alpha value is -1.47. The van der Waals surface area contributed by atoms with E-state index in [0.29, 0.717) is 38.0 Å². The van der Waals surface area contributed by atoms with Gasteiger partial charge < -0.3 is 14.0 Å². The quantitative estimate of drug-likeness (QED) is 0.675. The lowest BCUT2D eigenvalue weighted by Gasteiger charge is -2.32. The van der Waals surface area contributed by atoms with Gasteiger partial charge in [0.25, 0.3) is 0 Å². The fourth-order valence-electron chi connectivity index (χ4n) is 1.76. The van der Waals surface area contributed by atoms with Gasteiger partial charge in [0.15, 0.2) is 5.82 Å². The Bertz CT molecular complexity index is 393. The molecule has 1 atom stereocenters. The molecule has 0 aromatic carbocycles. The van der Waals surface area contributed by atoms with E-state index < -0.39 is 6.04 Å². The minimum atomic E-state index is -0.402. The van der Waals surface area contributed by atoms with Crippen molar-refractivity contribution < 1.29 is 18.8 Å². The fourth-order valence-corrected chi connectivity index (χ4v) is 1.76. The van der Waals surface area contributed by atoms with E-state index in [0.717, 1.165) is 0 Å². The lowest BCUT2D eigenvalue weighted by atomic mass is 10.2. The van der Waals surface area contributed by atoms with Crippen LogP contribution in [0.3, 0.4) is 0 Å². The van der Waals surface area contributed by atoms with Gasteiger partial charge in [-0.05, 0) is 6.92 Å². The van der Waals surface area contributed by atoms with Crippen LogP contribution in [0.15, 0.2) is 4.52 Å². The molecule has 17 heavy (non-hydrogen) atoms. The van der Waals surface area contributed by atoms with Gasteiger partial charge in [-0.15, -0.1) is 0 Å². The van der Waals surface area contributed by atoms with Crippen LogP contribution in [0, 0.1) is 6.92 Å². The number of hydrogen-bond acceptors (Lipinski definition) is 7. The molecule has 1 unspecified atom stereocenters. The first-order valence-corrected chi connectivity index (χ1v) is 5.39. The number of esters is 1. The van der Waals surface area contributed by atoms with Crippen LogP contribution in [0.5, 0.6) is 0 Å². The molecule has 0 N–H and O–H groups in total. The Morgan fingerprint density at radius 2 is 2.47 bits per heavy atom. The minimum absolute atomic E-state index is 0.305. The van der Waals surface area contributed by atoms with Crippen LogP contribution in [-0.2, 0) is 20.8 Å². The summed E-state index contributed by atoms with van der Waals surface area (Å²) in [5.41, 5.74) is 0. The van der Waals surface area contributed by atoms with Crippen molar-refractivity contribution in [3.05, 3.63) is 11.7 Å². The molecule has 0 spiro atoms. The second-order valence-corrected chi connectivity index (χ2v) is 3.82. The van der Waals surface area contributed by atoms with Crippen molar-refractivity contribution in [2.45, 2.75) is 19.5 Å². The molecule has 0 amide bonds. The number of methoxy groups -OCH3 is 1. The number of carbonyl (C=O) groups is 1. The number of morpholine rings is 1. The zero-order chi connectivity index (χ0) is 12.3. The minimum Gasteiger partial charge on any atom is -0.468 e. The predicted octanol–water partition coefficient (Wildman–Crippen LogP) is -0.248. The summed E-state index contributed by atoms with van der Waals surface area (Å²) in [6, 6.07) is -0.402. The van der Waals surface area contributed by atoms with Gasteiger partial charge in [-0.2, -0.15) is 4.98 Å². The number of ether oxygens (including phenoxy) is 2. The zero-order valence-electron chi connectivity index (χ0n) is 9.88. The summed E-state index contributed by atoms with van der Waals surface area (Å²) in [4.78, 5) is 17.6. The predicted molar refractivity (Wildman–Crippen MR) is 56.1 cm³/mol. The summed E-state index contributed by atoms with van der Waals surface area (Å²) in [5.74, 6) is 0.780. The van der Waals surface area contributed by atoms with Crippen LogP contribution >= 0.6 is 0 Å². The van der Waals surface area contributed by atoms with Crippen LogP contribution in [0.2, 0.25) is 0 Å². The zero-order valence-corrected chi connectivity index (χ0v) is 9.88. The van der Waals surface area contributed by atoms with Crippen LogP contribution in [-0.4, -0.2) is 53.9 Å². The molecule has 1 fully saturated rings. The topological polar surface area (TPSA) is 77.7 Å². The molecule has 0 radical (unpaired) electrons. The summed E-state index contributed by atoms with van der Waals surface area (Å²) in [7, 11) is 1.37. The van der Waals surface area contributed by atoms with Gasteiger partial charge in [-0.3, -0.25) is 9.69 Å². The largest absolute Gasteiger partial charge is 0.468 e. The van der Waals surface area contributed by atoms with E-state index in [-0.39, 0.29) is 5.97 Å². The van der Waals surface area contributed by atoms with Crippen LogP contribution in [0.4, 0.5) is 0 Å². The molecule has 1 aliphatic rings. The molecular weight excluding hydrogens is 226 g/mol. The van der Waals surface area contributed by atoms with Crippen molar-refractivity contribution >= 4 is 5.97 Å². The van der Waals surface area contributed by atoms with E-state index in [2.05, 4.69) is 10.1 Å². The molecule has 1 saturated heterocycles. The normalized spacial score (nSPS) is 21.4. The highest BCUT2D eigenvalue weighted by Gasteiger charge is 2.31. The number of aromatic nitrogens is 2. The average molecular weight is 241 g/mol. The molecular formula is C10H15N3O4. The first-order valence-electron chi connectivity index (χ1n) is 5.39. The molecule has 7 heteroatoms. The monoisotopic (exact) mass is 241 g/mol. The molecule has 94 valence electrons. The van der Waals surface area contributed by atoms with E-state index in [1.807, 2.05) is 4.90 Å². The summed E-state index contributed by atoms with van der Waals surface area (Å²) < 4.78 is 15.0. The van der Waals surface area contributed by atoms with Crippen LogP contribution in [0.25, 0.3) is 0 Å². The van der Waals surface area contributed by atoms with E-state index >= 15 is 0 Å². The molecule has 1 aliphatic heterocycles. The molecule has 0 saturated carbocycles. The third-order valence-electron chi connectivity index (χ3n) is 2.62. The summed E-state index contributed by atoms with van der Waals surface area (Å²) in [5, 5.41) is 3.71. The Kier molecular flexibility index (Phi) is 3.70. The molecule has 2 heterocycles. The Morgan fingerprint density at radius 3 is 3.12 bits per heavy atom. The first kappa shape index (κ1) is 12.0. The van der Waals surface area contributed by atoms with E-state index in [1.54, 1.807) is 6.92 Å². The first-order chi connectivity index (χ1) is 8.20. The van der Waals surface area contributed by atoms with Crippen LogP contribution < -0.4 is 0 Å². The molecule has 0 aliphatic carbocycles. The van der Waals surface area contributed by atoms with Gasteiger partial charge >= 0.3 is 5.97 Å². The highest BCUT2D eigenvalue weighted by Crippen LogP contribution is 2.12. The Labute approximate surface area is 98.7 Å². The summed E-state index contributed by atoms with van der Waals surface area (Å²) in [6.07, 6.45) is 0. The molecule has 1 aromatic rings. The van der Waals surface area contributed by atoms with Crippen LogP contribution in [0.1, 0.15) is 11.7 Å². The number of carbonyl (C=O) groups excluding carboxylic acids is 1. The maximum absolute atomic E-state index is 11.6. The highest BCUT2D eigenvalue weighted by atomic mass is 16.5. The smallest absolute Gasteiger partial charge is 0.325 e. The van der Waals surface area contributed by atoms with Crippen molar-refractivity contribution in [3.63, 3.8) is 0 Å². The lowest BCUT2D eigenvalue weighted by molar-refractivity contribution is -0.153.